The SMILES string of the molecule is CCOC(=O)c1cccc(C(O)C(O)CC(N)=O)n1. The molecular weight excluding hydrogens is 252 g/mol. The van der Waals surface area contributed by atoms with Crippen molar-refractivity contribution < 1.29 is 24.5 Å². The Morgan fingerprint density at radius 2 is 2.11 bits per heavy atom. The fourth-order valence-corrected chi connectivity index (χ4v) is 1.45. The van der Waals surface area contributed by atoms with Crippen LogP contribution in [0.2, 0.25) is 0 Å². The molecule has 1 amide bonds. The highest BCUT2D eigenvalue weighted by Gasteiger charge is 2.22. The minimum Gasteiger partial charge on any atom is -0.461 e. The zero-order valence-electron chi connectivity index (χ0n) is 10.4. The van der Waals surface area contributed by atoms with E-state index in [1.165, 1.54) is 18.2 Å². The minimum atomic E-state index is -1.40. The second-order valence-electron chi connectivity index (χ2n) is 3.85. The maximum atomic E-state index is 11.5. The zero-order chi connectivity index (χ0) is 14.4. The van der Waals surface area contributed by atoms with Crippen LogP contribution in [0.1, 0.15) is 35.6 Å². The summed E-state index contributed by atoms with van der Waals surface area (Å²) in [5.74, 6) is -1.37. The van der Waals surface area contributed by atoms with Crippen LogP contribution in [0.15, 0.2) is 18.2 Å². The monoisotopic (exact) mass is 268 g/mol. The average Bonchev–Trinajstić information content (AvgIpc) is 2.37. The van der Waals surface area contributed by atoms with Crippen LogP contribution in [0, 0.1) is 0 Å². The van der Waals surface area contributed by atoms with Gasteiger partial charge in [-0.05, 0) is 19.1 Å². The number of amides is 1. The number of carbonyl (C=O) groups excluding carboxylic acids is 2. The van der Waals surface area contributed by atoms with E-state index in [2.05, 4.69) is 4.98 Å². The summed E-state index contributed by atoms with van der Waals surface area (Å²) in [5, 5.41) is 19.4. The van der Waals surface area contributed by atoms with Crippen molar-refractivity contribution in [1.29, 1.82) is 0 Å². The first kappa shape index (κ1) is 15.1. The molecule has 1 rings (SSSR count). The van der Waals surface area contributed by atoms with E-state index in [0.29, 0.717) is 0 Å². The third kappa shape index (κ3) is 4.31. The van der Waals surface area contributed by atoms with Gasteiger partial charge in [-0.15, -0.1) is 0 Å². The number of aliphatic hydroxyl groups excluding tert-OH is 2. The van der Waals surface area contributed by atoms with E-state index in [9.17, 15) is 19.8 Å². The van der Waals surface area contributed by atoms with Gasteiger partial charge in [0.25, 0.3) is 0 Å². The number of ether oxygens (including phenoxy) is 1. The van der Waals surface area contributed by atoms with E-state index in [4.69, 9.17) is 10.5 Å². The van der Waals surface area contributed by atoms with Gasteiger partial charge in [0.2, 0.25) is 5.91 Å². The van der Waals surface area contributed by atoms with Crippen molar-refractivity contribution in [2.24, 2.45) is 5.73 Å². The Hall–Kier alpha value is -1.99. The lowest BCUT2D eigenvalue weighted by Crippen LogP contribution is -2.26. The minimum absolute atomic E-state index is 0.0182. The maximum Gasteiger partial charge on any atom is 0.356 e. The van der Waals surface area contributed by atoms with Gasteiger partial charge in [0.15, 0.2) is 0 Å². The number of carbonyl (C=O) groups is 2. The first-order valence-corrected chi connectivity index (χ1v) is 5.74. The Morgan fingerprint density at radius 3 is 2.68 bits per heavy atom. The molecule has 0 saturated heterocycles. The van der Waals surface area contributed by atoms with Gasteiger partial charge in [-0.2, -0.15) is 0 Å². The highest BCUT2D eigenvalue weighted by Crippen LogP contribution is 2.17. The number of hydrogen-bond donors (Lipinski definition) is 3. The molecule has 0 aliphatic carbocycles. The van der Waals surface area contributed by atoms with Crippen molar-refractivity contribution in [2.75, 3.05) is 6.61 Å². The number of esters is 1. The number of aliphatic hydroxyl groups is 2. The zero-order valence-corrected chi connectivity index (χ0v) is 10.4. The lowest BCUT2D eigenvalue weighted by molar-refractivity contribution is -0.121. The Balaban J connectivity index is 2.86. The summed E-state index contributed by atoms with van der Waals surface area (Å²) in [5.41, 5.74) is 5.01. The molecule has 2 unspecified atom stereocenters. The van der Waals surface area contributed by atoms with Crippen molar-refractivity contribution in [2.45, 2.75) is 25.6 Å². The van der Waals surface area contributed by atoms with E-state index in [-0.39, 0.29) is 18.0 Å². The van der Waals surface area contributed by atoms with Crippen molar-refractivity contribution >= 4 is 11.9 Å². The van der Waals surface area contributed by atoms with Crippen LogP contribution in [0.25, 0.3) is 0 Å². The molecule has 0 aliphatic heterocycles. The molecule has 4 N–H and O–H groups in total. The number of pyridine rings is 1. The number of nitrogens with zero attached hydrogens (tertiary/aromatic N) is 1. The first-order chi connectivity index (χ1) is 8.95. The van der Waals surface area contributed by atoms with E-state index in [1.807, 2.05) is 0 Å². The van der Waals surface area contributed by atoms with Crippen molar-refractivity contribution in [3.8, 4) is 0 Å². The smallest absolute Gasteiger partial charge is 0.356 e. The van der Waals surface area contributed by atoms with Gasteiger partial charge in [0.1, 0.15) is 11.8 Å². The molecule has 7 nitrogen and oxygen atoms in total. The summed E-state index contributed by atoms with van der Waals surface area (Å²) in [6.45, 7) is 1.87. The van der Waals surface area contributed by atoms with Gasteiger partial charge in [0, 0.05) is 0 Å². The third-order valence-electron chi connectivity index (χ3n) is 2.33. The van der Waals surface area contributed by atoms with Crippen LogP contribution >= 0.6 is 0 Å². The van der Waals surface area contributed by atoms with Crippen LogP contribution in [-0.2, 0) is 9.53 Å². The molecule has 2 atom stereocenters. The quantitative estimate of drug-likeness (QED) is 0.599. The first-order valence-electron chi connectivity index (χ1n) is 5.74. The molecule has 1 aromatic rings. The maximum absolute atomic E-state index is 11.5. The van der Waals surface area contributed by atoms with Crippen LogP contribution in [0.3, 0.4) is 0 Å². The topological polar surface area (TPSA) is 123 Å². The number of nitrogens with two attached hydrogens (primary N) is 1. The van der Waals surface area contributed by atoms with E-state index in [0.717, 1.165) is 0 Å². The Bertz CT molecular complexity index is 463. The van der Waals surface area contributed by atoms with Crippen LogP contribution < -0.4 is 5.73 Å². The van der Waals surface area contributed by atoms with Crippen molar-refractivity contribution in [1.82, 2.24) is 4.98 Å². The molecule has 19 heavy (non-hydrogen) atoms. The second kappa shape index (κ2) is 6.81. The molecule has 0 spiro atoms. The van der Waals surface area contributed by atoms with Crippen LogP contribution in [0.4, 0.5) is 0 Å². The highest BCUT2D eigenvalue weighted by molar-refractivity contribution is 5.87. The average molecular weight is 268 g/mol. The molecule has 0 bridgehead atoms. The molecule has 104 valence electrons. The number of primary amides is 1. The van der Waals surface area contributed by atoms with Crippen LogP contribution in [-0.4, -0.2) is 39.8 Å². The number of aromatic nitrogens is 1. The predicted octanol–water partition coefficient (Wildman–Crippen LogP) is -0.472. The Morgan fingerprint density at radius 1 is 1.42 bits per heavy atom. The van der Waals surface area contributed by atoms with Crippen molar-refractivity contribution in [3.05, 3.63) is 29.6 Å². The molecule has 0 radical (unpaired) electrons. The molecule has 0 aromatic carbocycles. The predicted molar refractivity (Wildman–Crippen MR) is 65.0 cm³/mol. The summed E-state index contributed by atoms with van der Waals surface area (Å²) < 4.78 is 4.77. The summed E-state index contributed by atoms with van der Waals surface area (Å²) in [4.78, 5) is 26.0. The summed E-state index contributed by atoms with van der Waals surface area (Å²) in [6.07, 6.45) is -3.17. The standard InChI is InChI=1S/C12H16N2O5/c1-2-19-12(18)8-5-3-4-7(14-8)11(17)9(15)6-10(13)16/h3-5,9,11,15,17H,2,6H2,1H3,(H2,13,16). The molecular formula is C12H16N2O5. The van der Waals surface area contributed by atoms with E-state index >= 15 is 0 Å². The summed E-state index contributed by atoms with van der Waals surface area (Å²) >= 11 is 0. The lowest BCUT2D eigenvalue weighted by Gasteiger charge is -2.16. The highest BCUT2D eigenvalue weighted by atomic mass is 16.5. The van der Waals surface area contributed by atoms with Gasteiger partial charge in [0.05, 0.1) is 24.8 Å². The van der Waals surface area contributed by atoms with Gasteiger partial charge in [-0.25, -0.2) is 9.78 Å². The summed E-state index contributed by atoms with van der Waals surface area (Å²) in [7, 11) is 0. The molecule has 0 saturated carbocycles. The number of rotatable bonds is 6. The van der Waals surface area contributed by atoms with Gasteiger partial charge < -0.3 is 20.7 Å². The Kier molecular flexibility index (Phi) is 5.40. The van der Waals surface area contributed by atoms with E-state index < -0.39 is 30.5 Å². The van der Waals surface area contributed by atoms with Gasteiger partial charge in [-0.1, -0.05) is 6.07 Å². The second-order valence-corrected chi connectivity index (χ2v) is 3.85. The third-order valence-corrected chi connectivity index (χ3v) is 2.33. The fraction of sp³-hybridized carbons (Fsp3) is 0.417. The Labute approximate surface area is 110 Å². The molecule has 1 heterocycles. The van der Waals surface area contributed by atoms with Crippen molar-refractivity contribution in [3.63, 3.8) is 0 Å². The number of hydrogen-bond acceptors (Lipinski definition) is 6. The lowest BCUT2D eigenvalue weighted by atomic mass is 10.1. The molecule has 7 heteroatoms. The molecule has 0 aliphatic rings. The molecule has 1 aromatic heterocycles. The van der Waals surface area contributed by atoms with Gasteiger partial charge >= 0.3 is 5.97 Å². The normalized spacial score (nSPS) is 13.6. The largest absolute Gasteiger partial charge is 0.461 e. The van der Waals surface area contributed by atoms with Crippen LogP contribution in [0.5, 0.6) is 0 Å². The summed E-state index contributed by atoms with van der Waals surface area (Å²) in [6, 6.07) is 4.35. The fourth-order valence-electron chi connectivity index (χ4n) is 1.45. The molecule has 0 fully saturated rings. The van der Waals surface area contributed by atoms with E-state index in [1.54, 1.807) is 6.92 Å². The van der Waals surface area contributed by atoms with Gasteiger partial charge in [-0.3, -0.25) is 4.79 Å².